The number of amides is 1. The van der Waals surface area contributed by atoms with E-state index in [1.165, 1.54) is 53.4 Å². The number of aromatic nitrogens is 12. The summed E-state index contributed by atoms with van der Waals surface area (Å²) < 4.78 is 5.93. The van der Waals surface area contributed by atoms with Gasteiger partial charge in [-0.05, 0) is 121 Å². The van der Waals surface area contributed by atoms with Crippen LogP contribution in [-0.4, -0.2) is 150 Å². The molecule has 34 nitrogen and oxygen atoms in total. The Morgan fingerprint density at radius 1 is 0.303 bits per heavy atom. The SMILES string of the molecule is CN(C)C=O.O=c1[nH]c2c([nH]c3ccc(Br)cc32)c(=O)n1/N=C/c1ccc(O)cc1O.O=c1[nH]c2c([nH]c3ccc(Br)cc32)c(=O)n1/N=C/c1ccc(O)cc1O.O=c1[nH]c2c([nH]c3ccc(Br)cc32)c(=O)n1/N=C/c1ccc(O)cc1O.O=c1[nH]c2c([nH]c3ccc(Br)cc32)c(=O)n1/N=C/c1ccc(O)cc1O. The van der Waals surface area contributed by atoms with Gasteiger partial charge in [-0.1, -0.05) is 63.7 Å². The third kappa shape index (κ3) is 15.9. The van der Waals surface area contributed by atoms with Gasteiger partial charge in [0.15, 0.2) is 0 Å². The zero-order valence-electron chi connectivity index (χ0n) is 55.5. The lowest BCUT2D eigenvalue weighted by Gasteiger charge is -2.00. The zero-order valence-corrected chi connectivity index (χ0v) is 61.9. The monoisotopic (exact) mass is 1730 g/mol. The number of carbonyl (C=O) groups excluding carboxylic acids is 1. The molecule has 0 saturated heterocycles. The summed E-state index contributed by atoms with van der Waals surface area (Å²) in [5.41, 5.74) is 0.915. The van der Waals surface area contributed by atoms with E-state index in [1.54, 1.807) is 62.6 Å². The molecule has 0 radical (unpaired) electrons. The van der Waals surface area contributed by atoms with E-state index >= 15 is 0 Å². The first-order valence-electron chi connectivity index (χ1n) is 31.2. The van der Waals surface area contributed by atoms with Crippen LogP contribution in [0.4, 0.5) is 0 Å². The lowest BCUT2D eigenvalue weighted by molar-refractivity contribution is -0.115. The number of benzene rings is 8. The minimum Gasteiger partial charge on any atom is -0.508 e. The molecule has 0 aliphatic carbocycles. The average molecular weight is 1730 g/mol. The standard InChI is InChI=1S/4C17H11BrN4O4.C3H7NO/c4*18-9-2-4-12-11(5-9)14-15(20-12)16(25)22(17(26)21-14)19-7-8-1-3-10(23)6-13(8)24;1-4(2)3-5/h4*1-7,20,23-24H,(H,21,26);3H,1-2H3/b4*19-7+;. The maximum atomic E-state index is 12.6. The normalized spacial score (nSPS) is 11.5. The number of aromatic hydroxyl groups is 8. The molecule has 550 valence electrons. The van der Waals surface area contributed by atoms with E-state index in [2.05, 4.69) is 124 Å². The summed E-state index contributed by atoms with van der Waals surface area (Å²) >= 11 is 13.5. The van der Waals surface area contributed by atoms with Crippen molar-refractivity contribution in [3.8, 4) is 46.0 Å². The molecule has 0 aliphatic heterocycles. The van der Waals surface area contributed by atoms with E-state index < -0.39 is 45.0 Å². The van der Waals surface area contributed by atoms with E-state index in [0.717, 1.165) is 73.4 Å². The molecule has 0 saturated carbocycles. The highest BCUT2D eigenvalue weighted by atomic mass is 79.9. The number of phenolic OH excluding ortho intramolecular Hbond substituents is 8. The van der Waals surface area contributed by atoms with Crippen LogP contribution in [-0.2, 0) is 4.79 Å². The third-order valence-electron chi connectivity index (χ3n) is 15.9. The van der Waals surface area contributed by atoms with Gasteiger partial charge in [-0.3, -0.25) is 24.0 Å². The summed E-state index contributed by atoms with van der Waals surface area (Å²) in [6.45, 7) is 0. The number of H-pyrrole nitrogens is 8. The molecule has 16 rings (SSSR count). The number of carbonyl (C=O) groups is 1. The Bertz CT molecular complexity index is 6210. The van der Waals surface area contributed by atoms with Crippen molar-refractivity contribution in [2.24, 2.45) is 20.4 Å². The van der Waals surface area contributed by atoms with Gasteiger partial charge in [-0.25, -0.2) is 19.2 Å². The van der Waals surface area contributed by atoms with Gasteiger partial charge in [-0.15, -0.1) is 18.7 Å². The van der Waals surface area contributed by atoms with Gasteiger partial charge < -0.3 is 85.6 Å². The predicted octanol–water partition coefficient (Wildman–Crippen LogP) is 8.61. The first kappa shape index (κ1) is 74.9. The van der Waals surface area contributed by atoms with E-state index in [4.69, 9.17) is 0 Å². The molecule has 8 aromatic heterocycles. The van der Waals surface area contributed by atoms with Crippen molar-refractivity contribution in [2.75, 3.05) is 14.1 Å². The fourth-order valence-electron chi connectivity index (χ4n) is 10.7. The van der Waals surface area contributed by atoms with Crippen LogP contribution in [0.25, 0.3) is 87.7 Å². The lowest BCUT2D eigenvalue weighted by Crippen LogP contribution is -2.32. The quantitative estimate of drug-likeness (QED) is 0.0475. The van der Waals surface area contributed by atoms with E-state index in [0.29, 0.717) is 84.4 Å². The topological polar surface area (TPSA) is 514 Å². The second-order valence-corrected chi connectivity index (χ2v) is 27.1. The van der Waals surface area contributed by atoms with Gasteiger partial charge in [0.2, 0.25) is 6.41 Å². The van der Waals surface area contributed by atoms with Gasteiger partial charge in [0.25, 0.3) is 0 Å². The minimum absolute atomic E-state index is 0.111. The van der Waals surface area contributed by atoms with Crippen LogP contribution in [0.3, 0.4) is 0 Å². The molecule has 16 aromatic rings. The fourth-order valence-corrected chi connectivity index (χ4v) is 12.2. The molecule has 8 heterocycles. The molecule has 1 amide bonds. The van der Waals surface area contributed by atoms with Crippen molar-refractivity contribution >= 4 is 183 Å². The number of hydrogen-bond donors (Lipinski definition) is 16. The average Bonchev–Trinajstić information content (AvgIpc) is 1.64. The highest BCUT2D eigenvalue weighted by Gasteiger charge is 2.19. The maximum Gasteiger partial charge on any atom is 0.350 e. The maximum absolute atomic E-state index is 12.6. The smallest absolute Gasteiger partial charge is 0.350 e. The third-order valence-corrected chi connectivity index (χ3v) is 17.9. The molecule has 8 aromatic carbocycles. The number of nitrogens with zero attached hydrogens (tertiary/aromatic N) is 9. The Morgan fingerprint density at radius 2 is 0.505 bits per heavy atom. The van der Waals surface area contributed by atoms with E-state index in [1.807, 2.05) is 24.3 Å². The number of aromatic amines is 8. The van der Waals surface area contributed by atoms with E-state index in [-0.39, 0.29) is 90.3 Å². The van der Waals surface area contributed by atoms with Gasteiger partial charge in [0.1, 0.15) is 68.1 Å². The Balaban J connectivity index is 0.000000133. The molecule has 16 N–H and O–H groups in total. The Kier molecular flexibility index (Phi) is 21.3. The summed E-state index contributed by atoms with van der Waals surface area (Å²) in [5, 5.41) is 94.5. The van der Waals surface area contributed by atoms with Gasteiger partial charge >= 0.3 is 45.0 Å². The van der Waals surface area contributed by atoms with Crippen LogP contribution < -0.4 is 45.0 Å². The fraction of sp³-hybridized carbons (Fsp3) is 0.0282. The first-order valence-corrected chi connectivity index (χ1v) is 34.4. The van der Waals surface area contributed by atoms with Crippen LogP contribution in [0.1, 0.15) is 22.3 Å². The van der Waals surface area contributed by atoms with E-state index in [9.17, 15) is 84.0 Å². The molecule has 0 aliphatic rings. The van der Waals surface area contributed by atoms with Crippen LogP contribution in [0.2, 0.25) is 0 Å². The molecular weight excluding hydrogens is 1680 g/mol. The summed E-state index contributed by atoms with van der Waals surface area (Å²) in [5.74, 6) is -1.35. The van der Waals surface area contributed by atoms with Crippen molar-refractivity contribution in [1.29, 1.82) is 0 Å². The highest BCUT2D eigenvalue weighted by Crippen LogP contribution is 2.30. The van der Waals surface area contributed by atoms with Crippen LogP contribution >= 0.6 is 63.7 Å². The summed E-state index contributed by atoms with van der Waals surface area (Å²) in [6, 6.07) is 37.2. The summed E-state index contributed by atoms with van der Waals surface area (Å²) in [6.07, 6.45) is 5.40. The Morgan fingerprint density at radius 3 is 0.688 bits per heavy atom. The predicted molar refractivity (Wildman–Crippen MR) is 424 cm³/mol. The molecule has 0 fully saturated rings. The number of fused-ring (bicyclic) bond motifs is 12. The van der Waals surface area contributed by atoms with Crippen LogP contribution in [0.5, 0.6) is 46.0 Å². The lowest BCUT2D eigenvalue weighted by atomic mass is 10.2. The Labute approximate surface area is 637 Å². The summed E-state index contributed by atoms with van der Waals surface area (Å²) in [7, 11) is 3.38. The van der Waals surface area contributed by atoms with Crippen molar-refractivity contribution < 1.29 is 45.6 Å². The number of hydrogen-bond acceptors (Lipinski definition) is 21. The van der Waals surface area contributed by atoms with Crippen LogP contribution in [0, 0.1) is 0 Å². The van der Waals surface area contributed by atoms with Crippen LogP contribution in [0.15, 0.2) is 222 Å². The molecule has 0 bridgehead atoms. The molecule has 0 atom stereocenters. The van der Waals surface area contributed by atoms with Gasteiger partial charge in [0, 0.05) is 122 Å². The van der Waals surface area contributed by atoms with Gasteiger partial charge in [0.05, 0.1) is 46.9 Å². The number of nitrogens with one attached hydrogen (secondary N) is 8. The molecule has 0 unspecified atom stereocenters. The molecule has 0 spiro atoms. The molecular formula is C71H51Br4N17O17. The number of phenols is 8. The zero-order chi connectivity index (χ0) is 78.0. The second kappa shape index (κ2) is 31.1. The van der Waals surface area contributed by atoms with Gasteiger partial charge in [-0.2, -0.15) is 20.4 Å². The number of halogens is 4. The van der Waals surface area contributed by atoms with Crippen molar-refractivity contribution in [3.05, 3.63) is 269 Å². The molecule has 38 heteroatoms. The second-order valence-electron chi connectivity index (χ2n) is 23.5. The number of rotatable bonds is 9. The van der Waals surface area contributed by atoms with Crippen molar-refractivity contribution in [2.45, 2.75) is 0 Å². The summed E-state index contributed by atoms with van der Waals surface area (Å²) in [4.78, 5) is 133. The minimum atomic E-state index is -0.710. The van der Waals surface area contributed by atoms with Crippen molar-refractivity contribution in [1.82, 2.24) is 63.5 Å². The molecule has 109 heavy (non-hydrogen) atoms. The Hall–Kier alpha value is -13.9. The largest absolute Gasteiger partial charge is 0.508 e. The first-order chi connectivity index (χ1) is 52.0. The van der Waals surface area contributed by atoms with Crippen molar-refractivity contribution in [3.63, 3.8) is 0 Å². The highest BCUT2D eigenvalue weighted by molar-refractivity contribution is 9.11.